The lowest BCUT2D eigenvalue weighted by Crippen LogP contribution is -2.55. The van der Waals surface area contributed by atoms with Crippen LogP contribution in [0.25, 0.3) is 0 Å². The maximum atomic E-state index is 13.4. The fourth-order valence-electron chi connectivity index (χ4n) is 5.58. The summed E-state index contributed by atoms with van der Waals surface area (Å²) in [6, 6.07) is 3.86. The predicted molar refractivity (Wildman–Crippen MR) is 135 cm³/mol. The first-order valence-corrected chi connectivity index (χ1v) is 12.6. The topological polar surface area (TPSA) is 106 Å². The van der Waals surface area contributed by atoms with Crippen molar-refractivity contribution in [2.75, 3.05) is 13.7 Å². The second kappa shape index (κ2) is 9.12. The van der Waals surface area contributed by atoms with Gasteiger partial charge in [-0.2, -0.15) is 0 Å². The largest absolute Gasteiger partial charge is 0.487 e. The number of rotatable bonds is 7. The molecule has 8 heteroatoms. The molecule has 1 aromatic carbocycles. The highest BCUT2D eigenvalue weighted by Crippen LogP contribution is 2.47. The highest BCUT2D eigenvalue weighted by molar-refractivity contribution is 5.99. The number of benzene rings is 1. The summed E-state index contributed by atoms with van der Waals surface area (Å²) in [6.45, 7) is 12.5. The second-order valence-corrected chi connectivity index (χ2v) is 11.7. The van der Waals surface area contributed by atoms with Crippen LogP contribution in [0.3, 0.4) is 0 Å². The summed E-state index contributed by atoms with van der Waals surface area (Å²) in [6.07, 6.45) is 2.32. The summed E-state index contributed by atoms with van der Waals surface area (Å²) in [4.78, 5) is 32.6. The van der Waals surface area contributed by atoms with Gasteiger partial charge in [-0.15, -0.1) is 0 Å². The molecular weight excluding hydrogens is 444 g/mol. The van der Waals surface area contributed by atoms with Gasteiger partial charge >= 0.3 is 0 Å². The van der Waals surface area contributed by atoms with Crippen molar-refractivity contribution in [3.05, 3.63) is 28.8 Å². The lowest BCUT2D eigenvalue weighted by Gasteiger charge is -2.39. The number of hydrogen-bond donors (Lipinski definition) is 2. The molecule has 35 heavy (non-hydrogen) atoms. The van der Waals surface area contributed by atoms with Gasteiger partial charge in [0, 0.05) is 37.7 Å². The molecule has 4 atom stereocenters. The van der Waals surface area contributed by atoms with Gasteiger partial charge in [0.05, 0.1) is 18.0 Å². The third-order valence-corrected chi connectivity index (χ3v) is 7.54. The van der Waals surface area contributed by atoms with Crippen LogP contribution in [0.4, 0.5) is 0 Å². The van der Waals surface area contributed by atoms with Crippen LogP contribution in [0.15, 0.2) is 17.1 Å². The number of guanidine groups is 1. The van der Waals surface area contributed by atoms with Gasteiger partial charge in [0.2, 0.25) is 11.8 Å². The Bertz CT molecular complexity index is 1050. The zero-order valence-electron chi connectivity index (χ0n) is 22.1. The third kappa shape index (κ3) is 5.32. The fraction of sp³-hybridized carbons (Fsp3) is 0.667. The number of nitrogens with one attached hydrogen (secondary N) is 1. The summed E-state index contributed by atoms with van der Waals surface area (Å²) in [5, 5.41) is 3.30. The first-order valence-electron chi connectivity index (χ1n) is 12.6. The minimum atomic E-state index is -0.510. The number of aliphatic imine (C=N–C) groups is 1. The van der Waals surface area contributed by atoms with E-state index in [9.17, 15) is 9.59 Å². The molecule has 3 N–H and O–H groups in total. The average Bonchev–Trinajstić information content (AvgIpc) is 3.51. The molecule has 2 heterocycles. The van der Waals surface area contributed by atoms with E-state index in [0.29, 0.717) is 32.3 Å². The van der Waals surface area contributed by atoms with Gasteiger partial charge in [-0.3, -0.25) is 14.5 Å². The number of aryl methyl sites for hydroxylation is 2. The number of nitrogens with two attached hydrogens (primary N) is 1. The van der Waals surface area contributed by atoms with Crippen molar-refractivity contribution >= 4 is 17.8 Å². The van der Waals surface area contributed by atoms with Gasteiger partial charge in [0.25, 0.3) is 0 Å². The van der Waals surface area contributed by atoms with Crippen LogP contribution in [0, 0.1) is 25.7 Å². The molecule has 1 fully saturated rings. The van der Waals surface area contributed by atoms with Crippen molar-refractivity contribution in [2.24, 2.45) is 22.6 Å². The molecule has 0 unspecified atom stereocenters. The molecule has 0 bridgehead atoms. The number of hydrogen-bond acceptors (Lipinski definition) is 6. The fourth-order valence-corrected chi connectivity index (χ4v) is 5.58. The van der Waals surface area contributed by atoms with Crippen molar-refractivity contribution < 1.29 is 19.1 Å². The third-order valence-electron chi connectivity index (χ3n) is 7.54. The van der Waals surface area contributed by atoms with Crippen LogP contribution in [0.2, 0.25) is 0 Å². The van der Waals surface area contributed by atoms with Crippen molar-refractivity contribution in [2.45, 2.75) is 90.4 Å². The van der Waals surface area contributed by atoms with Gasteiger partial charge in [-0.25, -0.2) is 4.99 Å². The molecule has 0 saturated heterocycles. The van der Waals surface area contributed by atoms with Crippen LogP contribution >= 0.6 is 0 Å². The second-order valence-electron chi connectivity index (χ2n) is 11.7. The van der Waals surface area contributed by atoms with Gasteiger partial charge < -0.3 is 20.5 Å². The van der Waals surface area contributed by atoms with Crippen LogP contribution in [-0.4, -0.2) is 53.6 Å². The van der Waals surface area contributed by atoms with E-state index in [1.165, 1.54) is 11.1 Å². The maximum absolute atomic E-state index is 13.4. The molecule has 4 rings (SSSR count). The molecule has 1 saturated carbocycles. The minimum Gasteiger partial charge on any atom is -0.487 e. The number of amides is 2. The number of carbonyl (C=O) groups excluding carboxylic acids is 2. The Labute approximate surface area is 208 Å². The zero-order chi connectivity index (χ0) is 25.7. The first kappa shape index (κ1) is 25.5. The Kier molecular flexibility index (Phi) is 6.64. The van der Waals surface area contributed by atoms with E-state index in [4.69, 9.17) is 15.2 Å². The Morgan fingerprint density at radius 2 is 1.97 bits per heavy atom. The summed E-state index contributed by atoms with van der Waals surface area (Å²) in [7, 11) is 1.64. The van der Waals surface area contributed by atoms with E-state index in [1.807, 2.05) is 13.8 Å². The summed E-state index contributed by atoms with van der Waals surface area (Å²) >= 11 is 0. The van der Waals surface area contributed by atoms with Crippen molar-refractivity contribution in [3.8, 4) is 5.75 Å². The van der Waals surface area contributed by atoms with Crippen LogP contribution in [0.5, 0.6) is 5.75 Å². The van der Waals surface area contributed by atoms with Gasteiger partial charge in [-0.05, 0) is 77.5 Å². The van der Waals surface area contributed by atoms with E-state index in [1.54, 1.807) is 12.0 Å². The smallest absolute Gasteiger partial charge is 0.231 e. The molecule has 8 nitrogen and oxygen atoms in total. The molecule has 0 spiro atoms. The molecular formula is C27H40N4O4. The molecule has 2 aliphatic heterocycles. The molecule has 3 aliphatic rings. The molecule has 1 aliphatic carbocycles. The summed E-state index contributed by atoms with van der Waals surface area (Å²) < 4.78 is 11.5. The van der Waals surface area contributed by atoms with E-state index in [2.05, 4.69) is 50.1 Å². The Morgan fingerprint density at radius 3 is 2.63 bits per heavy atom. The molecule has 1 aromatic rings. The Hall–Kier alpha value is -2.61. The van der Waals surface area contributed by atoms with Crippen molar-refractivity contribution in [1.29, 1.82) is 0 Å². The Morgan fingerprint density at radius 1 is 1.29 bits per heavy atom. The van der Waals surface area contributed by atoms with Crippen LogP contribution < -0.4 is 15.8 Å². The number of fused-ring (bicyclic) bond motifs is 1. The lowest BCUT2D eigenvalue weighted by atomic mass is 9.88. The van der Waals surface area contributed by atoms with Crippen LogP contribution in [0.1, 0.15) is 76.1 Å². The van der Waals surface area contributed by atoms with Crippen molar-refractivity contribution in [3.63, 3.8) is 0 Å². The first-order chi connectivity index (χ1) is 16.3. The SMILES string of the molecule is COCC[C@H]([C@H]1C[C@@H]1C(=O)N[C@@H]1CC(C)(C)Oc2cc(C)c(C)cc21)N1C(=O)CC(C)(C)N=C1N. The quantitative estimate of drug-likeness (QED) is 0.617. The number of methoxy groups -OCH3 is 1. The molecule has 0 aromatic heterocycles. The normalized spacial score (nSPS) is 27.4. The molecule has 192 valence electrons. The van der Waals surface area contributed by atoms with Gasteiger partial charge in [0.1, 0.15) is 11.4 Å². The van der Waals surface area contributed by atoms with E-state index >= 15 is 0 Å². The molecule has 2 amide bonds. The highest BCUT2D eigenvalue weighted by atomic mass is 16.5. The predicted octanol–water partition coefficient (Wildman–Crippen LogP) is 3.39. The Balaban J connectivity index is 1.52. The highest BCUT2D eigenvalue weighted by Gasteiger charge is 2.52. The van der Waals surface area contributed by atoms with E-state index < -0.39 is 5.54 Å². The van der Waals surface area contributed by atoms with Gasteiger partial charge in [0.15, 0.2) is 5.96 Å². The maximum Gasteiger partial charge on any atom is 0.231 e. The van der Waals surface area contributed by atoms with E-state index in [-0.39, 0.29) is 47.3 Å². The minimum absolute atomic E-state index is 0.0181. The monoisotopic (exact) mass is 484 g/mol. The number of ether oxygens (including phenoxy) is 2. The number of carbonyl (C=O) groups is 2. The molecule has 0 radical (unpaired) electrons. The summed E-state index contributed by atoms with van der Waals surface area (Å²) in [5.41, 5.74) is 8.75. The van der Waals surface area contributed by atoms with Crippen molar-refractivity contribution in [1.82, 2.24) is 10.2 Å². The van der Waals surface area contributed by atoms with E-state index in [0.717, 1.165) is 11.3 Å². The lowest BCUT2D eigenvalue weighted by molar-refractivity contribution is -0.132. The average molecular weight is 485 g/mol. The zero-order valence-corrected chi connectivity index (χ0v) is 22.1. The standard InChI is InChI=1S/C27H40N4O4/c1-15-10-19-20(13-27(5,6)35-22(19)11-16(15)2)29-24(33)18-12-17(18)21(8-9-34-7)31-23(32)14-26(3,4)30-25(31)28/h10-11,17-18,20-21H,8-9,12-14H2,1-7H3,(H2,28,30)(H,29,33)/t17-,18-,20+,21+/m0/s1. The summed E-state index contributed by atoms with van der Waals surface area (Å²) in [5.74, 6) is 0.907. The number of nitrogens with zero attached hydrogens (tertiary/aromatic N) is 2. The van der Waals surface area contributed by atoms with Crippen LogP contribution in [-0.2, 0) is 14.3 Å². The van der Waals surface area contributed by atoms with Gasteiger partial charge in [-0.1, -0.05) is 6.07 Å².